The van der Waals surface area contributed by atoms with Gasteiger partial charge in [-0.25, -0.2) is 14.6 Å². The summed E-state index contributed by atoms with van der Waals surface area (Å²) in [6, 6.07) is 0.680. The number of pyridine rings is 1. The molecule has 0 spiro atoms. The molecule has 0 aliphatic heterocycles. The third kappa shape index (κ3) is 2.76. The molecule has 1 atom stereocenters. The van der Waals surface area contributed by atoms with E-state index >= 15 is 0 Å². The minimum absolute atomic E-state index is 0.192. The lowest BCUT2D eigenvalue weighted by Gasteiger charge is -2.13. The van der Waals surface area contributed by atoms with Crippen molar-refractivity contribution >= 4 is 5.82 Å². The summed E-state index contributed by atoms with van der Waals surface area (Å²) in [5, 5.41) is 0. The fourth-order valence-electron chi connectivity index (χ4n) is 0.907. The van der Waals surface area contributed by atoms with Crippen LogP contribution in [0, 0.1) is 11.6 Å². The molecule has 1 heterocycles. The van der Waals surface area contributed by atoms with E-state index < -0.39 is 11.6 Å². The monoisotopic (exact) mass is 217 g/mol. The van der Waals surface area contributed by atoms with E-state index in [4.69, 9.17) is 10.6 Å². The summed E-state index contributed by atoms with van der Waals surface area (Å²) in [6.45, 7) is 3.65. The molecule has 0 aliphatic rings. The van der Waals surface area contributed by atoms with Crippen molar-refractivity contribution in [2.24, 2.45) is 5.84 Å². The highest BCUT2D eigenvalue weighted by atomic mass is 19.1. The second-order valence-electron chi connectivity index (χ2n) is 3.09. The Kier molecular flexibility index (Phi) is 3.79. The number of hydrazine groups is 1. The first-order valence-electron chi connectivity index (χ1n) is 4.57. The first-order valence-corrected chi connectivity index (χ1v) is 4.57. The van der Waals surface area contributed by atoms with Gasteiger partial charge in [-0.2, -0.15) is 4.98 Å². The zero-order valence-electron chi connectivity index (χ0n) is 8.55. The SMILES string of the molecule is CCC(C)Oc1nc(NN)c(F)cc1F. The molecule has 6 heteroatoms. The average Bonchev–Trinajstić information content (AvgIpc) is 2.21. The lowest BCUT2D eigenvalue weighted by molar-refractivity contribution is 0.198. The van der Waals surface area contributed by atoms with Crippen LogP contribution in [0.3, 0.4) is 0 Å². The molecule has 0 aromatic carbocycles. The van der Waals surface area contributed by atoms with E-state index in [1.54, 1.807) is 6.92 Å². The highest BCUT2D eigenvalue weighted by Gasteiger charge is 2.14. The summed E-state index contributed by atoms with van der Waals surface area (Å²) < 4.78 is 31.3. The van der Waals surface area contributed by atoms with Crippen molar-refractivity contribution in [3.63, 3.8) is 0 Å². The quantitative estimate of drug-likeness (QED) is 0.596. The highest BCUT2D eigenvalue weighted by molar-refractivity contribution is 5.38. The Labute approximate surface area is 86.4 Å². The number of rotatable bonds is 4. The molecule has 0 amide bonds. The Hall–Kier alpha value is -1.43. The van der Waals surface area contributed by atoms with Crippen LogP contribution in [0.25, 0.3) is 0 Å². The van der Waals surface area contributed by atoms with Gasteiger partial charge in [-0.1, -0.05) is 6.92 Å². The van der Waals surface area contributed by atoms with Gasteiger partial charge < -0.3 is 10.2 Å². The Balaban J connectivity index is 2.97. The second-order valence-corrected chi connectivity index (χ2v) is 3.09. The van der Waals surface area contributed by atoms with E-state index in [1.165, 1.54) is 0 Å². The van der Waals surface area contributed by atoms with Gasteiger partial charge in [0.25, 0.3) is 5.88 Å². The third-order valence-electron chi connectivity index (χ3n) is 1.92. The Morgan fingerprint density at radius 1 is 1.53 bits per heavy atom. The van der Waals surface area contributed by atoms with Crippen LogP contribution in [-0.4, -0.2) is 11.1 Å². The van der Waals surface area contributed by atoms with Gasteiger partial charge in [0.05, 0.1) is 6.10 Å². The van der Waals surface area contributed by atoms with E-state index in [2.05, 4.69) is 4.98 Å². The number of aromatic nitrogens is 1. The molecule has 1 aromatic rings. The van der Waals surface area contributed by atoms with Gasteiger partial charge in [-0.15, -0.1) is 0 Å². The largest absolute Gasteiger partial charge is 0.473 e. The lowest BCUT2D eigenvalue weighted by atomic mass is 10.3. The first kappa shape index (κ1) is 11.6. The average molecular weight is 217 g/mol. The maximum Gasteiger partial charge on any atom is 0.252 e. The van der Waals surface area contributed by atoms with Gasteiger partial charge in [0.1, 0.15) is 0 Å². The van der Waals surface area contributed by atoms with Gasteiger partial charge in [0.2, 0.25) is 0 Å². The molecular formula is C9H13F2N3O. The Bertz CT molecular complexity index is 346. The predicted octanol–water partition coefficient (Wildman–Crippen LogP) is 1.82. The van der Waals surface area contributed by atoms with E-state index in [9.17, 15) is 8.78 Å². The lowest BCUT2D eigenvalue weighted by Crippen LogP contribution is -2.15. The van der Waals surface area contributed by atoms with Crippen LogP contribution in [-0.2, 0) is 0 Å². The van der Waals surface area contributed by atoms with Crippen molar-refractivity contribution in [2.75, 3.05) is 5.43 Å². The summed E-state index contributed by atoms with van der Waals surface area (Å²) in [5.74, 6) is 2.81. The second kappa shape index (κ2) is 4.88. The molecular weight excluding hydrogens is 204 g/mol. The Morgan fingerprint density at radius 2 is 2.20 bits per heavy atom. The molecule has 4 nitrogen and oxygen atoms in total. The molecule has 84 valence electrons. The molecule has 3 N–H and O–H groups in total. The fourth-order valence-corrected chi connectivity index (χ4v) is 0.907. The number of hydrogen-bond acceptors (Lipinski definition) is 4. The molecule has 1 unspecified atom stereocenters. The number of nitrogens with one attached hydrogen (secondary N) is 1. The first-order chi connectivity index (χ1) is 7.08. The van der Waals surface area contributed by atoms with Crippen molar-refractivity contribution in [3.8, 4) is 5.88 Å². The molecule has 1 rings (SSSR count). The van der Waals surface area contributed by atoms with Crippen LogP contribution in [0.4, 0.5) is 14.6 Å². The highest BCUT2D eigenvalue weighted by Crippen LogP contribution is 2.21. The molecule has 0 saturated carbocycles. The number of nitrogens with two attached hydrogens (primary N) is 1. The van der Waals surface area contributed by atoms with E-state index in [-0.39, 0.29) is 17.8 Å². The van der Waals surface area contributed by atoms with Crippen LogP contribution in [0.2, 0.25) is 0 Å². The standard InChI is InChI=1S/C9H13F2N3O/c1-3-5(2)15-9-7(11)4-6(10)8(13-9)14-12/h4-5H,3,12H2,1-2H3,(H,13,14). The van der Waals surface area contributed by atoms with Gasteiger partial charge in [-0.05, 0) is 13.3 Å². The zero-order chi connectivity index (χ0) is 11.4. The number of nitrogen functional groups attached to an aromatic ring is 1. The topological polar surface area (TPSA) is 60.2 Å². The van der Waals surface area contributed by atoms with Gasteiger partial charge >= 0.3 is 0 Å². The summed E-state index contributed by atoms with van der Waals surface area (Å²) in [7, 11) is 0. The minimum atomic E-state index is -0.855. The van der Waals surface area contributed by atoms with Crippen LogP contribution >= 0.6 is 0 Å². The molecule has 0 saturated heterocycles. The number of ether oxygens (including phenoxy) is 1. The van der Waals surface area contributed by atoms with E-state index in [1.807, 2.05) is 12.3 Å². The molecule has 0 radical (unpaired) electrons. The molecule has 0 bridgehead atoms. The van der Waals surface area contributed by atoms with E-state index in [0.29, 0.717) is 12.5 Å². The van der Waals surface area contributed by atoms with E-state index in [0.717, 1.165) is 0 Å². The molecule has 1 aromatic heterocycles. The zero-order valence-corrected chi connectivity index (χ0v) is 8.55. The number of hydrogen-bond donors (Lipinski definition) is 2. The van der Waals surface area contributed by atoms with Crippen molar-refractivity contribution in [1.82, 2.24) is 4.98 Å². The number of halogens is 2. The fraction of sp³-hybridized carbons (Fsp3) is 0.444. The van der Waals surface area contributed by atoms with Gasteiger partial charge in [0.15, 0.2) is 17.5 Å². The van der Waals surface area contributed by atoms with Gasteiger partial charge in [-0.3, -0.25) is 0 Å². The summed E-state index contributed by atoms with van der Waals surface area (Å²) in [6.07, 6.45) is 0.507. The third-order valence-corrected chi connectivity index (χ3v) is 1.92. The predicted molar refractivity (Wildman–Crippen MR) is 52.3 cm³/mol. The summed E-state index contributed by atoms with van der Waals surface area (Å²) in [5.41, 5.74) is 2.02. The van der Waals surface area contributed by atoms with Crippen molar-refractivity contribution in [2.45, 2.75) is 26.4 Å². The molecule has 0 aliphatic carbocycles. The smallest absolute Gasteiger partial charge is 0.252 e. The summed E-state index contributed by atoms with van der Waals surface area (Å²) >= 11 is 0. The minimum Gasteiger partial charge on any atom is -0.473 e. The van der Waals surface area contributed by atoms with Crippen molar-refractivity contribution in [3.05, 3.63) is 17.7 Å². The number of anilines is 1. The van der Waals surface area contributed by atoms with Crippen molar-refractivity contribution < 1.29 is 13.5 Å². The van der Waals surface area contributed by atoms with Crippen LogP contribution in [0.1, 0.15) is 20.3 Å². The Morgan fingerprint density at radius 3 is 2.73 bits per heavy atom. The van der Waals surface area contributed by atoms with Crippen LogP contribution in [0.15, 0.2) is 6.07 Å². The van der Waals surface area contributed by atoms with Crippen molar-refractivity contribution in [1.29, 1.82) is 0 Å². The van der Waals surface area contributed by atoms with Crippen LogP contribution in [0.5, 0.6) is 5.88 Å². The normalized spacial score (nSPS) is 12.3. The molecule has 0 fully saturated rings. The summed E-state index contributed by atoms with van der Waals surface area (Å²) in [4.78, 5) is 3.57. The van der Waals surface area contributed by atoms with Crippen LogP contribution < -0.4 is 16.0 Å². The maximum absolute atomic E-state index is 13.2. The number of nitrogens with zero attached hydrogens (tertiary/aromatic N) is 1. The molecule has 15 heavy (non-hydrogen) atoms. The van der Waals surface area contributed by atoms with Gasteiger partial charge in [0, 0.05) is 6.07 Å². The maximum atomic E-state index is 13.2.